The van der Waals surface area contributed by atoms with Crippen molar-refractivity contribution in [2.45, 2.75) is 19.8 Å². The molecule has 206 valence electrons. The second-order valence-corrected chi connectivity index (χ2v) is 9.52. The number of nitro groups is 1. The number of hydrogen-bond donors (Lipinski definition) is 0. The quantitative estimate of drug-likeness (QED) is 0.284. The molecule has 0 saturated carbocycles. The minimum Gasteiger partial charge on any atom is -0.468 e. The number of rotatable bonds is 8. The summed E-state index contributed by atoms with van der Waals surface area (Å²) in [5.41, 5.74) is 2.26. The number of halogens is 1. The van der Waals surface area contributed by atoms with Gasteiger partial charge in [0.05, 0.1) is 17.6 Å². The molecule has 2 aliphatic heterocycles. The molecule has 2 heterocycles. The van der Waals surface area contributed by atoms with Crippen molar-refractivity contribution in [1.82, 2.24) is 4.90 Å². The number of anilines is 1. The molecule has 11 heteroatoms. The van der Waals surface area contributed by atoms with E-state index in [1.807, 2.05) is 0 Å². The number of nitro benzene ring substituents is 1. The molecule has 1 fully saturated rings. The molecule has 0 bridgehead atoms. The number of nitrogens with zero attached hydrogens (tertiary/aromatic N) is 4. The molecule has 0 aliphatic carbocycles. The maximum atomic E-state index is 13.4. The lowest BCUT2D eigenvalue weighted by Gasteiger charge is -2.36. The lowest BCUT2D eigenvalue weighted by molar-refractivity contribution is -0.384. The summed E-state index contributed by atoms with van der Waals surface area (Å²) in [6, 6.07) is 12.3. The monoisotopic (exact) mass is 538 g/mol. The van der Waals surface area contributed by atoms with Gasteiger partial charge in [-0.15, -0.1) is 0 Å². The van der Waals surface area contributed by atoms with E-state index in [-0.39, 0.29) is 23.7 Å². The van der Waals surface area contributed by atoms with E-state index < -0.39 is 28.7 Å². The van der Waals surface area contributed by atoms with E-state index in [0.717, 1.165) is 31.9 Å². The van der Waals surface area contributed by atoms with E-state index >= 15 is 0 Å². The Hall–Kier alpha value is -4.12. The van der Waals surface area contributed by atoms with E-state index in [0.29, 0.717) is 23.5 Å². The van der Waals surface area contributed by atoms with Crippen LogP contribution in [-0.2, 0) is 19.1 Å². The van der Waals surface area contributed by atoms with Crippen LogP contribution in [0.3, 0.4) is 0 Å². The summed E-state index contributed by atoms with van der Waals surface area (Å²) in [4.78, 5) is 45.8. The zero-order valence-electron chi connectivity index (χ0n) is 22.1. The Labute approximate surface area is 225 Å². The van der Waals surface area contributed by atoms with Crippen molar-refractivity contribution in [2.75, 3.05) is 51.3 Å². The highest BCUT2D eigenvalue weighted by Gasteiger charge is 2.42. The first-order chi connectivity index (χ1) is 18.7. The lowest BCUT2D eigenvalue weighted by Crippen LogP contribution is -2.47. The molecule has 2 atom stereocenters. The molecule has 4 rings (SSSR count). The van der Waals surface area contributed by atoms with Crippen molar-refractivity contribution in [3.8, 4) is 0 Å². The molecule has 1 saturated heterocycles. The smallest absolute Gasteiger partial charge is 0.336 e. The van der Waals surface area contributed by atoms with Crippen LogP contribution < -0.4 is 4.90 Å². The molecule has 2 aliphatic rings. The molecule has 0 N–H and O–H groups in total. The molecule has 2 aromatic carbocycles. The number of carbonyl (C=O) groups is 2. The number of non-ortho nitro benzene ring substituents is 1. The number of piperazine rings is 1. The fourth-order valence-electron chi connectivity index (χ4n) is 5.15. The molecule has 2 aromatic rings. The topological polar surface area (TPSA) is 115 Å². The number of aliphatic imine (C=N–C) groups is 1. The van der Waals surface area contributed by atoms with Crippen molar-refractivity contribution in [3.05, 3.63) is 81.3 Å². The van der Waals surface area contributed by atoms with Gasteiger partial charge in [0.25, 0.3) is 5.69 Å². The Kier molecular flexibility index (Phi) is 8.70. The van der Waals surface area contributed by atoms with Gasteiger partial charge in [-0.1, -0.05) is 12.1 Å². The van der Waals surface area contributed by atoms with E-state index in [4.69, 9.17) is 9.47 Å². The third-order valence-electron chi connectivity index (χ3n) is 7.15. The highest BCUT2D eigenvalue weighted by atomic mass is 19.1. The summed E-state index contributed by atoms with van der Waals surface area (Å²) < 4.78 is 23.9. The number of methoxy groups -OCH3 is 1. The maximum Gasteiger partial charge on any atom is 0.336 e. The van der Waals surface area contributed by atoms with Gasteiger partial charge in [-0.3, -0.25) is 24.8 Å². The predicted molar refractivity (Wildman–Crippen MR) is 143 cm³/mol. The van der Waals surface area contributed by atoms with Crippen LogP contribution in [0.2, 0.25) is 0 Å². The Morgan fingerprint density at radius 3 is 2.44 bits per heavy atom. The first-order valence-corrected chi connectivity index (χ1v) is 12.7. The molecular formula is C28H31FN4O6. The third kappa shape index (κ3) is 6.31. The van der Waals surface area contributed by atoms with Crippen LogP contribution in [0.4, 0.5) is 15.8 Å². The van der Waals surface area contributed by atoms with E-state index in [9.17, 15) is 24.1 Å². The summed E-state index contributed by atoms with van der Waals surface area (Å²) in [7, 11) is 1.25. The second-order valence-electron chi connectivity index (χ2n) is 9.52. The van der Waals surface area contributed by atoms with Crippen LogP contribution in [0.25, 0.3) is 0 Å². The molecule has 2 unspecified atom stereocenters. The van der Waals surface area contributed by atoms with Gasteiger partial charge >= 0.3 is 11.9 Å². The number of allylic oxidation sites excluding steroid dienone is 1. The van der Waals surface area contributed by atoms with Crippen molar-refractivity contribution < 1.29 is 28.4 Å². The summed E-state index contributed by atoms with van der Waals surface area (Å²) in [5, 5.41) is 11.4. The lowest BCUT2D eigenvalue weighted by atomic mass is 9.75. The number of benzene rings is 2. The van der Waals surface area contributed by atoms with Gasteiger partial charge in [0.1, 0.15) is 18.3 Å². The van der Waals surface area contributed by atoms with Crippen LogP contribution >= 0.6 is 0 Å². The van der Waals surface area contributed by atoms with E-state index in [2.05, 4.69) is 14.8 Å². The first-order valence-electron chi connectivity index (χ1n) is 12.7. The van der Waals surface area contributed by atoms with Gasteiger partial charge in [0.15, 0.2) is 0 Å². The third-order valence-corrected chi connectivity index (χ3v) is 7.15. The van der Waals surface area contributed by atoms with E-state index in [1.54, 1.807) is 32.0 Å². The maximum absolute atomic E-state index is 13.4. The van der Waals surface area contributed by atoms with Crippen molar-refractivity contribution in [2.24, 2.45) is 10.9 Å². The zero-order chi connectivity index (χ0) is 28.1. The van der Waals surface area contributed by atoms with Crippen LogP contribution in [0.15, 0.2) is 64.8 Å². The number of esters is 2. The molecule has 0 amide bonds. The summed E-state index contributed by atoms with van der Waals surface area (Å²) in [5.74, 6) is -3.26. The van der Waals surface area contributed by atoms with Gasteiger partial charge in [0, 0.05) is 67.9 Å². The molecule has 0 aromatic heterocycles. The fourth-order valence-corrected chi connectivity index (χ4v) is 5.15. The van der Waals surface area contributed by atoms with E-state index in [1.165, 1.54) is 37.4 Å². The molecule has 0 spiro atoms. The minimum absolute atomic E-state index is 0.124. The van der Waals surface area contributed by atoms with Crippen LogP contribution in [0.5, 0.6) is 0 Å². The average Bonchev–Trinajstić information content (AvgIpc) is 2.93. The van der Waals surface area contributed by atoms with Gasteiger partial charge in [-0.05, 0) is 43.7 Å². The molecule has 0 radical (unpaired) electrons. The summed E-state index contributed by atoms with van der Waals surface area (Å²) in [6.07, 6.45) is 0. The SMILES string of the molecule is COC(=O)C1C(C)=NC(C)=C(C(=O)OCCN2CCN(c3ccc(F)cc3)CC2)C1c1cccc([N+](=O)[O-])c1. The van der Waals surface area contributed by atoms with Crippen LogP contribution in [0.1, 0.15) is 25.3 Å². The molecule has 10 nitrogen and oxygen atoms in total. The molecule has 39 heavy (non-hydrogen) atoms. The first kappa shape index (κ1) is 27.9. The van der Waals surface area contributed by atoms with Crippen molar-refractivity contribution >= 4 is 29.0 Å². The van der Waals surface area contributed by atoms with Crippen LogP contribution in [0, 0.1) is 21.8 Å². The van der Waals surface area contributed by atoms with Gasteiger partial charge in [0.2, 0.25) is 0 Å². The highest BCUT2D eigenvalue weighted by Crippen LogP contribution is 2.40. The highest BCUT2D eigenvalue weighted by molar-refractivity contribution is 6.07. The minimum atomic E-state index is -0.928. The Morgan fingerprint density at radius 1 is 1.10 bits per heavy atom. The molecular weight excluding hydrogens is 507 g/mol. The van der Waals surface area contributed by atoms with Crippen molar-refractivity contribution in [3.63, 3.8) is 0 Å². The number of hydrogen-bond acceptors (Lipinski definition) is 9. The normalized spacial score (nSPS) is 19.9. The summed E-state index contributed by atoms with van der Waals surface area (Å²) in [6.45, 7) is 6.98. The van der Waals surface area contributed by atoms with Crippen LogP contribution in [-0.4, -0.2) is 73.9 Å². The average molecular weight is 539 g/mol. The number of carbonyl (C=O) groups excluding carboxylic acids is 2. The second kappa shape index (κ2) is 12.2. The predicted octanol–water partition coefficient (Wildman–Crippen LogP) is 3.72. The fraction of sp³-hybridized carbons (Fsp3) is 0.393. The zero-order valence-corrected chi connectivity index (χ0v) is 22.1. The summed E-state index contributed by atoms with van der Waals surface area (Å²) >= 11 is 0. The number of ether oxygens (including phenoxy) is 2. The Morgan fingerprint density at radius 2 is 1.79 bits per heavy atom. The van der Waals surface area contributed by atoms with Gasteiger partial charge in [-0.25, -0.2) is 9.18 Å². The van der Waals surface area contributed by atoms with Gasteiger partial charge < -0.3 is 14.4 Å². The largest absolute Gasteiger partial charge is 0.468 e. The standard InChI is InChI=1S/C28H31FN4O6/c1-18-24(27(34)38-3)26(20-5-4-6-23(17-20)33(36)37)25(19(2)30-18)28(35)39-16-15-31-11-13-32(14-12-31)22-9-7-21(29)8-10-22/h4-10,17,24,26H,11-16H2,1-3H3. The Balaban J connectivity index is 1.45. The van der Waals surface area contributed by atoms with Gasteiger partial charge in [-0.2, -0.15) is 0 Å². The Bertz CT molecular complexity index is 1300. The van der Waals surface area contributed by atoms with Crippen molar-refractivity contribution in [1.29, 1.82) is 0 Å².